The lowest BCUT2D eigenvalue weighted by molar-refractivity contribution is -0.384. The van der Waals surface area contributed by atoms with Crippen LogP contribution in [0.5, 0.6) is 0 Å². The molecule has 0 saturated heterocycles. The number of nitro groups is 1. The number of carbonyl (C=O) groups is 1. The van der Waals surface area contributed by atoms with Crippen molar-refractivity contribution in [3.8, 4) is 11.3 Å². The maximum absolute atomic E-state index is 12.9. The zero-order chi connectivity index (χ0) is 18.4. The Morgan fingerprint density at radius 2 is 1.96 bits per heavy atom. The smallest absolute Gasteiger partial charge is 0.296 e. The Balaban J connectivity index is 2.29. The van der Waals surface area contributed by atoms with Crippen molar-refractivity contribution >= 4 is 17.1 Å². The zero-order valence-electron chi connectivity index (χ0n) is 12.7. The Labute approximate surface area is 138 Å². The van der Waals surface area contributed by atoms with Gasteiger partial charge in [0.05, 0.1) is 10.5 Å². The van der Waals surface area contributed by atoms with E-state index in [2.05, 4.69) is 4.98 Å². The summed E-state index contributed by atoms with van der Waals surface area (Å²) in [5.74, 6) is -0.506. The molecule has 0 aliphatic heterocycles. The van der Waals surface area contributed by atoms with Crippen molar-refractivity contribution in [1.29, 1.82) is 0 Å². The lowest BCUT2D eigenvalue weighted by Gasteiger charge is -2.07. The number of halogens is 3. The molecular weight excluding hydrogens is 339 g/mol. The van der Waals surface area contributed by atoms with E-state index in [1.54, 1.807) is 0 Å². The maximum atomic E-state index is 12.9. The molecule has 6 nitrogen and oxygen atoms in total. The van der Waals surface area contributed by atoms with Crippen LogP contribution in [0.1, 0.15) is 23.0 Å². The second-order valence-electron chi connectivity index (χ2n) is 5.32. The summed E-state index contributed by atoms with van der Waals surface area (Å²) in [6.45, 7) is 1.20. The van der Waals surface area contributed by atoms with Crippen LogP contribution >= 0.6 is 0 Å². The molecule has 2 heterocycles. The molecule has 25 heavy (non-hydrogen) atoms. The number of nitro benzene ring substituents is 1. The molecule has 0 spiro atoms. The highest BCUT2D eigenvalue weighted by molar-refractivity contribution is 5.99. The SMILES string of the molecule is CC(=O)c1c(-c2cccc([N+](=O)[O-])c2)nc2ccc(C(F)(F)F)cn12. The number of hydrogen-bond acceptors (Lipinski definition) is 4. The molecule has 0 saturated carbocycles. The Morgan fingerprint density at radius 1 is 1.24 bits per heavy atom. The lowest BCUT2D eigenvalue weighted by atomic mass is 10.1. The third-order valence-corrected chi connectivity index (χ3v) is 3.61. The van der Waals surface area contributed by atoms with E-state index in [1.165, 1.54) is 31.2 Å². The van der Waals surface area contributed by atoms with Crippen LogP contribution in [-0.2, 0) is 6.18 Å². The van der Waals surface area contributed by atoms with E-state index in [1.807, 2.05) is 0 Å². The van der Waals surface area contributed by atoms with Gasteiger partial charge in [-0.25, -0.2) is 4.98 Å². The molecule has 0 atom stereocenters. The number of alkyl halides is 3. The van der Waals surface area contributed by atoms with Crippen LogP contribution in [0.3, 0.4) is 0 Å². The monoisotopic (exact) mass is 349 g/mol. The van der Waals surface area contributed by atoms with Gasteiger partial charge in [0.25, 0.3) is 5.69 Å². The summed E-state index contributed by atoms with van der Waals surface area (Å²) in [5, 5.41) is 10.9. The van der Waals surface area contributed by atoms with Crippen LogP contribution in [0.2, 0.25) is 0 Å². The highest BCUT2D eigenvalue weighted by Gasteiger charge is 2.31. The average Bonchev–Trinajstić information content (AvgIpc) is 2.92. The molecule has 0 unspecified atom stereocenters. The van der Waals surface area contributed by atoms with Crippen molar-refractivity contribution in [2.75, 3.05) is 0 Å². The number of non-ortho nitro benzene ring substituents is 1. The molecule has 3 rings (SSSR count). The van der Waals surface area contributed by atoms with Crippen LogP contribution in [0.4, 0.5) is 18.9 Å². The summed E-state index contributed by atoms with van der Waals surface area (Å²) in [5.41, 5.74) is -0.695. The number of aromatic nitrogens is 2. The van der Waals surface area contributed by atoms with E-state index in [0.717, 1.165) is 22.7 Å². The van der Waals surface area contributed by atoms with E-state index in [4.69, 9.17) is 0 Å². The molecule has 0 N–H and O–H groups in total. The minimum absolute atomic E-state index is 0.0680. The van der Waals surface area contributed by atoms with Crippen molar-refractivity contribution in [3.05, 3.63) is 64.0 Å². The molecular formula is C16H10F3N3O3. The fourth-order valence-corrected chi connectivity index (χ4v) is 2.52. The van der Waals surface area contributed by atoms with Gasteiger partial charge in [-0.3, -0.25) is 19.3 Å². The summed E-state index contributed by atoms with van der Waals surface area (Å²) < 4.78 is 39.8. The molecule has 128 valence electrons. The molecule has 0 aliphatic carbocycles. The van der Waals surface area contributed by atoms with E-state index in [9.17, 15) is 28.1 Å². The molecule has 9 heteroatoms. The highest BCUT2D eigenvalue weighted by atomic mass is 19.4. The van der Waals surface area contributed by atoms with Gasteiger partial charge in [-0.05, 0) is 12.1 Å². The summed E-state index contributed by atoms with van der Waals surface area (Å²) in [7, 11) is 0. The number of benzene rings is 1. The Bertz CT molecular complexity index is 1010. The number of carbonyl (C=O) groups excluding carboxylic acids is 1. The molecule has 0 fully saturated rings. The van der Waals surface area contributed by atoms with Crippen LogP contribution in [0.25, 0.3) is 16.9 Å². The molecule has 2 aromatic heterocycles. The maximum Gasteiger partial charge on any atom is 0.417 e. The molecule has 0 aliphatic rings. The number of rotatable bonds is 3. The van der Waals surface area contributed by atoms with E-state index in [-0.39, 0.29) is 28.3 Å². The van der Waals surface area contributed by atoms with E-state index in [0.29, 0.717) is 0 Å². The summed E-state index contributed by atoms with van der Waals surface area (Å²) in [6.07, 6.45) is -3.78. The second kappa shape index (κ2) is 5.69. The number of imidazole rings is 1. The first kappa shape index (κ1) is 16.6. The zero-order valence-corrected chi connectivity index (χ0v) is 12.7. The Morgan fingerprint density at radius 3 is 2.56 bits per heavy atom. The predicted octanol–water partition coefficient (Wildman–Crippen LogP) is 4.13. The number of nitrogens with zero attached hydrogens (tertiary/aromatic N) is 3. The number of ketones is 1. The van der Waals surface area contributed by atoms with Crippen molar-refractivity contribution in [2.45, 2.75) is 13.1 Å². The van der Waals surface area contributed by atoms with Crippen molar-refractivity contribution in [3.63, 3.8) is 0 Å². The first-order chi connectivity index (χ1) is 11.7. The van der Waals surface area contributed by atoms with Gasteiger partial charge in [-0.2, -0.15) is 13.2 Å². The van der Waals surface area contributed by atoms with E-state index < -0.39 is 22.4 Å². The number of hydrogen-bond donors (Lipinski definition) is 0. The first-order valence-corrected chi connectivity index (χ1v) is 7.03. The first-order valence-electron chi connectivity index (χ1n) is 7.03. The topological polar surface area (TPSA) is 77.5 Å². The van der Waals surface area contributed by atoms with Gasteiger partial charge in [-0.15, -0.1) is 0 Å². The lowest BCUT2D eigenvalue weighted by Crippen LogP contribution is -2.08. The van der Waals surface area contributed by atoms with E-state index >= 15 is 0 Å². The van der Waals surface area contributed by atoms with Gasteiger partial charge < -0.3 is 0 Å². The summed E-state index contributed by atoms with van der Waals surface area (Å²) in [6, 6.07) is 7.43. The minimum Gasteiger partial charge on any atom is -0.296 e. The van der Waals surface area contributed by atoms with Crippen molar-refractivity contribution in [2.24, 2.45) is 0 Å². The molecule has 0 radical (unpaired) electrons. The minimum atomic E-state index is -4.57. The summed E-state index contributed by atoms with van der Waals surface area (Å²) >= 11 is 0. The highest BCUT2D eigenvalue weighted by Crippen LogP contribution is 2.32. The molecule has 1 aromatic carbocycles. The van der Waals surface area contributed by atoms with Gasteiger partial charge in [-0.1, -0.05) is 12.1 Å². The normalized spacial score (nSPS) is 11.7. The third kappa shape index (κ3) is 2.95. The van der Waals surface area contributed by atoms with Crippen LogP contribution in [-0.4, -0.2) is 20.1 Å². The van der Waals surface area contributed by atoms with Crippen LogP contribution in [0, 0.1) is 10.1 Å². The van der Waals surface area contributed by atoms with Gasteiger partial charge in [0.15, 0.2) is 5.78 Å². The second-order valence-corrected chi connectivity index (χ2v) is 5.32. The number of Topliss-reactive ketones (excluding diaryl/α,β-unsaturated/α-hetero) is 1. The Kier molecular flexibility index (Phi) is 3.78. The standard InChI is InChI=1S/C16H10F3N3O3/c1-9(23)15-14(10-3-2-4-12(7-10)22(24)25)20-13-6-5-11(8-21(13)15)16(17,18)19/h2-8H,1H3. The Hall–Kier alpha value is -3.23. The summed E-state index contributed by atoms with van der Waals surface area (Å²) in [4.78, 5) is 26.5. The molecule has 3 aromatic rings. The fourth-order valence-electron chi connectivity index (χ4n) is 2.52. The van der Waals surface area contributed by atoms with Gasteiger partial charge in [0.1, 0.15) is 17.0 Å². The molecule has 0 amide bonds. The van der Waals surface area contributed by atoms with Crippen molar-refractivity contribution in [1.82, 2.24) is 9.38 Å². The third-order valence-electron chi connectivity index (χ3n) is 3.61. The van der Waals surface area contributed by atoms with Gasteiger partial charge >= 0.3 is 6.18 Å². The van der Waals surface area contributed by atoms with Crippen LogP contribution < -0.4 is 0 Å². The van der Waals surface area contributed by atoms with Crippen LogP contribution in [0.15, 0.2) is 42.6 Å². The number of pyridine rings is 1. The molecule has 0 bridgehead atoms. The van der Waals surface area contributed by atoms with Crippen molar-refractivity contribution < 1.29 is 22.9 Å². The predicted molar refractivity (Wildman–Crippen MR) is 82.3 cm³/mol. The largest absolute Gasteiger partial charge is 0.417 e. The fraction of sp³-hybridized carbons (Fsp3) is 0.125. The average molecular weight is 349 g/mol. The van der Waals surface area contributed by atoms with Gasteiger partial charge in [0, 0.05) is 30.8 Å². The quantitative estimate of drug-likeness (QED) is 0.405. The van der Waals surface area contributed by atoms with Gasteiger partial charge in [0.2, 0.25) is 0 Å². The number of fused-ring (bicyclic) bond motifs is 1.